The van der Waals surface area contributed by atoms with Gasteiger partial charge in [-0.3, -0.25) is 14.2 Å². The normalized spacial score (nSPS) is 17.9. The molecule has 6 nitrogen and oxygen atoms in total. The summed E-state index contributed by atoms with van der Waals surface area (Å²) < 4.78 is 3.80. The summed E-state index contributed by atoms with van der Waals surface area (Å²) >= 11 is 0. The molecule has 1 aliphatic rings. The Kier molecular flexibility index (Phi) is 4.50. The number of amides is 1. The average molecular weight is 315 g/mol. The van der Waals surface area contributed by atoms with Crippen LogP contribution in [0.25, 0.3) is 0 Å². The topological polar surface area (TPSA) is 56.0 Å². The highest BCUT2D eigenvalue weighted by molar-refractivity contribution is 5.77. The monoisotopic (exact) mass is 315 g/mol. The first-order valence-electron chi connectivity index (χ1n) is 8.35. The molecule has 0 saturated carbocycles. The third kappa shape index (κ3) is 3.16. The van der Waals surface area contributed by atoms with Crippen LogP contribution in [0.5, 0.6) is 0 Å². The van der Waals surface area contributed by atoms with E-state index in [4.69, 9.17) is 0 Å². The van der Waals surface area contributed by atoms with Crippen LogP contribution >= 0.6 is 0 Å². The van der Waals surface area contributed by atoms with Gasteiger partial charge in [-0.15, -0.1) is 0 Å². The predicted octanol–water partition coefficient (Wildman–Crippen LogP) is 2.38. The van der Waals surface area contributed by atoms with Gasteiger partial charge in [0.05, 0.1) is 11.7 Å². The summed E-state index contributed by atoms with van der Waals surface area (Å²) in [6, 6.07) is 2.10. The fourth-order valence-electron chi connectivity index (χ4n) is 3.61. The number of carbonyl (C=O) groups excluding carboxylic acids is 1. The van der Waals surface area contributed by atoms with Crippen LogP contribution in [0.4, 0.5) is 0 Å². The Balaban J connectivity index is 1.65. The van der Waals surface area contributed by atoms with Gasteiger partial charge in [0, 0.05) is 50.2 Å². The molecule has 1 saturated heterocycles. The largest absolute Gasteiger partial charge is 0.336 e. The van der Waals surface area contributed by atoms with Crippen molar-refractivity contribution in [1.82, 2.24) is 24.5 Å². The lowest BCUT2D eigenvalue weighted by Crippen LogP contribution is -2.31. The smallest absolute Gasteiger partial charge is 0.223 e. The third-order valence-electron chi connectivity index (χ3n) is 4.81. The number of aryl methyl sites for hydroxylation is 3. The zero-order valence-electron chi connectivity index (χ0n) is 14.2. The van der Waals surface area contributed by atoms with Gasteiger partial charge < -0.3 is 4.90 Å². The lowest BCUT2D eigenvalue weighted by atomic mass is 10.0. The lowest BCUT2D eigenvalue weighted by Gasteiger charge is -2.25. The van der Waals surface area contributed by atoms with E-state index in [9.17, 15) is 4.79 Å². The molecule has 124 valence electrons. The van der Waals surface area contributed by atoms with Crippen LogP contribution in [0.15, 0.2) is 18.5 Å². The fraction of sp³-hybridized carbons (Fsp3) is 0.588. The summed E-state index contributed by atoms with van der Waals surface area (Å²) in [7, 11) is 1.97. The molecule has 0 N–H and O–H groups in total. The Morgan fingerprint density at radius 1 is 1.39 bits per heavy atom. The standard InChI is InChI=1S/C17H25N5O/c1-13-17(14(2)20(3)19-13)15-7-4-12-22(15)16(23)8-5-10-21-11-6-9-18-21/h6,9,11,15H,4-5,7-8,10,12H2,1-3H3. The summed E-state index contributed by atoms with van der Waals surface area (Å²) in [6.07, 6.45) is 7.23. The quantitative estimate of drug-likeness (QED) is 0.851. The average Bonchev–Trinajstić information content (AvgIpc) is 3.22. The second kappa shape index (κ2) is 6.56. The molecule has 6 heteroatoms. The first kappa shape index (κ1) is 15.8. The summed E-state index contributed by atoms with van der Waals surface area (Å²) in [6.45, 7) is 5.79. The van der Waals surface area contributed by atoms with E-state index >= 15 is 0 Å². The van der Waals surface area contributed by atoms with Crippen molar-refractivity contribution < 1.29 is 4.79 Å². The molecule has 23 heavy (non-hydrogen) atoms. The Labute approximate surface area is 137 Å². The van der Waals surface area contributed by atoms with Crippen molar-refractivity contribution in [3.8, 4) is 0 Å². The van der Waals surface area contributed by atoms with Crippen molar-refractivity contribution in [1.29, 1.82) is 0 Å². The minimum Gasteiger partial charge on any atom is -0.336 e. The summed E-state index contributed by atoms with van der Waals surface area (Å²) in [5.41, 5.74) is 3.46. The minimum absolute atomic E-state index is 0.195. The maximum absolute atomic E-state index is 12.7. The van der Waals surface area contributed by atoms with E-state index in [2.05, 4.69) is 22.0 Å². The van der Waals surface area contributed by atoms with Crippen LogP contribution in [0, 0.1) is 13.8 Å². The van der Waals surface area contributed by atoms with E-state index in [1.165, 1.54) is 11.3 Å². The lowest BCUT2D eigenvalue weighted by molar-refractivity contribution is -0.132. The SMILES string of the molecule is Cc1nn(C)c(C)c1C1CCCN1C(=O)CCCn1cccn1. The molecule has 3 heterocycles. The number of aromatic nitrogens is 4. The maximum Gasteiger partial charge on any atom is 0.223 e. The fourth-order valence-corrected chi connectivity index (χ4v) is 3.61. The van der Waals surface area contributed by atoms with Gasteiger partial charge in [-0.25, -0.2) is 0 Å². The molecular formula is C17H25N5O. The van der Waals surface area contributed by atoms with E-state index in [1.807, 2.05) is 35.6 Å². The third-order valence-corrected chi connectivity index (χ3v) is 4.81. The van der Waals surface area contributed by atoms with Crippen molar-refractivity contribution in [2.45, 2.75) is 52.1 Å². The van der Waals surface area contributed by atoms with Crippen molar-refractivity contribution >= 4 is 5.91 Å². The zero-order valence-corrected chi connectivity index (χ0v) is 14.2. The van der Waals surface area contributed by atoms with Gasteiger partial charge in [0.2, 0.25) is 5.91 Å². The van der Waals surface area contributed by atoms with Crippen molar-refractivity contribution in [2.75, 3.05) is 6.54 Å². The van der Waals surface area contributed by atoms with E-state index in [0.29, 0.717) is 6.42 Å². The van der Waals surface area contributed by atoms with Crippen LogP contribution in [0.1, 0.15) is 48.7 Å². The van der Waals surface area contributed by atoms with E-state index in [0.717, 1.165) is 38.0 Å². The molecule has 1 amide bonds. The Morgan fingerprint density at radius 3 is 2.87 bits per heavy atom. The number of hydrogen-bond donors (Lipinski definition) is 0. The van der Waals surface area contributed by atoms with Crippen molar-refractivity contribution in [3.05, 3.63) is 35.4 Å². The Bertz CT molecular complexity index is 673. The van der Waals surface area contributed by atoms with Crippen LogP contribution in [-0.2, 0) is 18.4 Å². The maximum atomic E-state index is 12.7. The number of hydrogen-bond acceptors (Lipinski definition) is 3. The summed E-state index contributed by atoms with van der Waals surface area (Å²) in [5.74, 6) is 0.252. The van der Waals surface area contributed by atoms with Crippen molar-refractivity contribution in [3.63, 3.8) is 0 Å². The van der Waals surface area contributed by atoms with Gasteiger partial charge >= 0.3 is 0 Å². The molecule has 3 rings (SSSR count). The molecule has 0 radical (unpaired) electrons. The van der Waals surface area contributed by atoms with Gasteiger partial charge in [-0.1, -0.05) is 0 Å². The molecule has 0 bridgehead atoms. The number of nitrogens with zero attached hydrogens (tertiary/aromatic N) is 5. The Morgan fingerprint density at radius 2 is 2.22 bits per heavy atom. The van der Waals surface area contributed by atoms with Gasteiger partial charge in [0.15, 0.2) is 0 Å². The van der Waals surface area contributed by atoms with Crippen molar-refractivity contribution in [2.24, 2.45) is 7.05 Å². The van der Waals surface area contributed by atoms with E-state index in [1.54, 1.807) is 6.20 Å². The van der Waals surface area contributed by atoms with Gasteiger partial charge in [0.1, 0.15) is 0 Å². The van der Waals surface area contributed by atoms with Crippen LogP contribution in [0.2, 0.25) is 0 Å². The first-order chi connectivity index (χ1) is 11.1. The predicted molar refractivity (Wildman–Crippen MR) is 87.8 cm³/mol. The number of likely N-dealkylation sites (tertiary alicyclic amines) is 1. The molecule has 1 atom stereocenters. The molecule has 1 unspecified atom stereocenters. The molecule has 0 aliphatic carbocycles. The highest BCUT2D eigenvalue weighted by Crippen LogP contribution is 2.35. The molecule has 0 aromatic carbocycles. The number of carbonyl (C=O) groups is 1. The van der Waals surface area contributed by atoms with E-state index < -0.39 is 0 Å². The van der Waals surface area contributed by atoms with Crippen LogP contribution in [0.3, 0.4) is 0 Å². The van der Waals surface area contributed by atoms with Gasteiger partial charge in [0.25, 0.3) is 0 Å². The van der Waals surface area contributed by atoms with Crippen LogP contribution in [-0.4, -0.2) is 36.9 Å². The van der Waals surface area contributed by atoms with Crippen LogP contribution < -0.4 is 0 Å². The first-order valence-corrected chi connectivity index (χ1v) is 8.35. The second-order valence-electron chi connectivity index (χ2n) is 6.33. The summed E-state index contributed by atoms with van der Waals surface area (Å²) in [4.78, 5) is 14.7. The van der Waals surface area contributed by atoms with Gasteiger partial charge in [-0.2, -0.15) is 10.2 Å². The summed E-state index contributed by atoms with van der Waals surface area (Å²) in [5, 5.41) is 8.69. The zero-order chi connectivity index (χ0) is 16.4. The molecular weight excluding hydrogens is 290 g/mol. The molecule has 1 fully saturated rings. The Hall–Kier alpha value is -2.11. The minimum atomic E-state index is 0.195. The number of rotatable bonds is 5. The highest BCUT2D eigenvalue weighted by Gasteiger charge is 2.32. The molecule has 0 spiro atoms. The second-order valence-corrected chi connectivity index (χ2v) is 6.33. The molecule has 2 aromatic rings. The van der Waals surface area contributed by atoms with Gasteiger partial charge in [-0.05, 0) is 39.2 Å². The highest BCUT2D eigenvalue weighted by atomic mass is 16.2. The molecule has 2 aromatic heterocycles. The molecule has 1 aliphatic heterocycles. The van der Waals surface area contributed by atoms with E-state index in [-0.39, 0.29) is 11.9 Å².